The number of nitrogens with one attached hydrogen (secondary N) is 1. The van der Waals surface area contributed by atoms with Crippen molar-refractivity contribution in [2.45, 2.75) is 31.8 Å². The Morgan fingerprint density at radius 2 is 2.35 bits per heavy atom. The number of halogens is 1. The van der Waals surface area contributed by atoms with Gasteiger partial charge in [-0.1, -0.05) is 0 Å². The average Bonchev–Trinajstić information content (AvgIpc) is 2.29. The standard InChI is InChI=1S/C11H18FN5/c1-7-5-8(3-4-17(7)2)15-10-9(12)6-14-11(13)16-10/h6-8H,3-5H2,1-2H3,(H3,13,14,15,16). The van der Waals surface area contributed by atoms with E-state index in [-0.39, 0.29) is 17.8 Å². The summed E-state index contributed by atoms with van der Waals surface area (Å²) in [6.07, 6.45) is 3.05. The van der Waals surface area contributed by atoms with Gasteiger partial charge in [0.25, 0.3) is 0 Å². The highest BCUT2D eigenvalue weighted by molar-refractivity contribution is 5.40. The number of aromatic nitrogens is 2. The normalized spacial score (nSPS) is 25.8. The van der Waals surface area contributed by atoms with Crippen molar-refractivity contribution >= 4 is 11.8 Å². The van der Waals surface area contributed by atoms with Crippen LogP contribution in [-0.2, 0) is 0 Å². The summed E-state index contributed by atoms with van der Waals surface area (Å²) in [6.45, 7) is 3.17. The molecule has 0 saturated carbocycles. The van der Waals surface area contributed by atoms with Crippen molar-refractivity contribution in [3.63, 3.8) is 0 Å². The van der Waals surface area contributed by atoms with Crippen LogP contribution in [0.2, 0.25) is 0 Å². The Morgan fingerprint density at radius 3 is 3.06 bits per heavy atom. The van der Waals surface area contributed by atoms with Crippen LogP contribution in [0.5, 0.6) is 0 Å². The summed E-state index contributed by atoms with van der Waals surface area (Å²) in [5.41, 5.74) is 5.44. The van der Waals surface area contributed by atoms with E-state index in [4.69, 9.17) is 5.73 Å². The first-order valence-electron chi connectivity index (χ1n) is 5.81. The van der Waals surface area contributed by atoms with Gasteiger partial charge in [0.2, 0.25) is 5.95 Å². The lowest BCUT2D eigenvalue weighted by atomic mass is 9.99. The molecule has 1 aliphatic heterocycles. The summed E-state index contributed by atoms with van der Waals surface area (Å²) >= 11 is 0. The van der Waals surface area contributed by atoms with Crippen molar-refractivity contribution in [2.75, 3.05) is 24.6 Å². The molecule has 2 atom stereocenters. The third kappa shape index (κ3) is 2.82. The Kier molecular flexibility index (Phi) is 3.42. The maximum absolute atomic E-state index is 13.4. The number of anilines is 2. The number of piperidine rings is 1. The number of nitrogen functional groups attached to an aromatic ring is 1. The van der Waals surface area contributed by atoms with Gasteiger partial charge in [-0.2, -0.15) is 4.98 Å². The highest BCUT2D eigenvalue weighted by Crippen LogP contribution is 2.20. The fraction of sp³-hybridized carbons (Fsp3) is 0.636. The molecular weight excluding hydrogens is 221 g/mol. The fourth-order valence-corrected chi connectivity index (χ4v) is 2.10. The monoisotopic (exact) mass is 239 g/mol. The number of likely N-dealkylation sites (tertiary alicyclic amines) is 1. The number of hydrogen-bond acceptors (Lipinski definition) is 5. The van der Waals surface area contributed by atoms with E-state index in [1.807, 2.05) is 0 Å². The molecule has 0 spiro atoms. The summed E-state index contributed by atoms with van der Waals surface area (Å²) in [4.78, 5) is 9.78. The van der Waals surface area contributed by atoms with Gasteiger partial charge in [0, 0.05) is 18.6 Å². The molecule has 17 heavy (non-hydrogen) atoms. The van der Waals surface area contributed by atoms with Gasteiger partial charge < -0.3 is 16.0 Å². The predicted octanol–water partition coefficient (Wildman–Crippen LogP) is 1.09. The van der Waals surface area contributed by atoms with Gasteiger partial charge in [0.15, 0.2) is 11.6 Å². The van der Waals surface area contributed by atoms with E-state index in [9.17, 15) is 4.39 Å². The molecular formula is C11H18FN5. The van der Waals surface area contributed by atoms with Crippen LogP contribution >= 0.6 is 0 Å². The molecule has 2 unspecified atom stereocenters. The largest absolute Gasteiger partial charge is 0.368 e. The quantitative estimate of drug-likeness (QED) is 0.808. The van der Waals surface area contributed by atoms with E-state index < -0.39 is 5.82 Å². The maximum Gasteiger partial charge on any atom is 0.222 e. The average molecular weight is 239 g/mol. The molecule has 1 aromatic rings. The molecule has 5 nitrogen and oxygen atoms in total. The van der Waals surface area contributed by atoms with Crippen LogP contribution in [-0.4, -0.2) is 40.5 Å². The number of nitrogens with zero attached hydrogens (tertiary/aromatic N) is 3. The Morgan fingerprint density at radius 1 is 1.59 bits per heavy atom. The molecule has 2 rings (SSSR count). The first-order chi connectivity index (χ1) is 8.06. The van der Waals surface area contributed by atoms with Crippen molar-refractivity contribution in [1.82, 2.24) is 14.9 Å². The number of rotatable bonds is 2. The lowest BCUT2D eigenvalue weighted by Gasteiger charge is -2.35. The van der Waals surface area contributed by atoms with Crippen LogP contribution in [0.15, 0.2) is 6.20 Å². The molecule has 0 amide bonds. The summed E-state index contributed by atoms with van der Waals surface area (Å²) in [7, 11) is 2.10. The van der Waals surface area contributed by atoms with E-state index in [0.717, 1.165) is 25.6 Å². The second-order valence-corrected chi connectivity index (χ2v) is 4.62. The smallest absolute Gasteiger partial charge is 0.222 e. The topological polar surface area (TPSA) is 67.1 Å². The van der Waals surface area contributed by atoms with Crippen LogP contribution in [0.1, 0.15) is 19.8 Å². The van der Waals surface area contributed by atoms with Gasteiger partial charge >= 0.3 is 0 Å². The first kappa shape index (κ1) is 12.0. The molecule has 2 heterocycles. The summed E-state index contributed by atoms with van der Waals surface area (Å²) in [6, 6.07) is 0.730. The number of hydrogen-bond donors (Lipinski definition) is 2. The van der Waals surface area contributed by atoms with Crippen LogP contribution in [0, 0.1) is 5.82 Å². The molecule has 1 aromatic heterocycles. The van der Waals surface area contributed by atoms with Crippen LogP contribution in [0.3, 0.4) is 0 Å². The molecule has 3 N–H and O–H groups in total. The van der Waals surface area contributed by atoms with Gasteiger partial charge in [0.05, 0.1) is 6.20 Å². The van der Waals surface area contributed by atoms with Crippen molar-refractivity contribution in [1.29, 1.82) is 0 Å². The lowest BCUT2D eigenvalue weighted by Crippen LogP contribution is -2.42. The van der Waals surface area contributed by atoms with E-state index in [1.165, 1.54) is 0 Å². The fourth-order valence-electron chi connectivity index (χ4n) is 2.10. The number of nitrogens with two attached hydrogens (primary N) is 1. The molecule has 0 radical (unpaired) electrons. The molecule has 1 aliphatic rings. The van der Waals surface area contributed by atoms with Crippen molar-refractivity contribution in [3.05, 3.63) is 12.0 Å². The molecule has 0 aliphatic carbocycles. The molecule has 0 aromatic carbocycles. The van der Waals surface area contributed by atoms with Crippen molar-refractivity contribution in [2.24, 2.45) is 0 Å². The second-order valence-electron chi connectivity index (χ2n) is 4.62. The van der Waals surface area contributed by atoms with Crippen molar-refractivity contribution < 1.29 is 4.39 Å². The predicted molar refractivity (Wildman–Crippen MR) is 65.1 cm³/mol. The van der Waals surface area contributed by atoms with E-state index in [2.05, 4.69) is 34.2 Å². The zero-order chi connectivity index (χ0) is 12.4. The zero-order valence-electron chi connectivity index (χ0n) is 10.2. The molecule has 1 saturated heterocycles. The van der Waals surface area contributed by atoms with Gasteiger partial charge in [0.1, 0.15) is 0 Å². The zero-order valence-corrected chi connectivity index (χ0v) is 10.2. The van der Waals surface area contributed by atoms with Crippen LogP contribution < -0.4 is 11.1 Å². The van der Waals surface area contributed by atoms with Gasteiger partial charge in [-0.25, -0.2) is 9.37 Å². The minimum Gasteiger partial charge on any atom is -0.368 e. The third-order valence-corrected chi connectivity index (χ3v) is 3.31. The van der Waals surface area contributed by atoms with Crippen LogP contribution in [0.25, 0.3) is 0 Å². The third-order valence-electron chi connectivity index (χ3n) is 3.31. The van der Waals surface area contributed by atoms with Gasteiger partial charge in [-0.15, -0.1) is 0 Å². The van der Waals surface area contributed by atoms with Crippen LogP contribution in [0.4, 0.5) is 16.2 Å². The lowest BCUT2D eigenvalue weighted by molar-refractivity contribution is 0.190. The molecule has 94 valence electrons. The maximum atomic E-state index is 13.4. The van der Waals surface area contributed by atoms with E-state index in [1.54, 1.807) is 0 Å². The van der Waals surface area contributed by atoms with E-state index in [0.29, 0.717) is 6.04 Å². The van der Waals surface area contributed by atoms with Gasteiger partial charge in [-0.3, -0.25) is 0 Å². The Bertz CT molecular complexity index is 397. The molecule has 0 bridgehead atoms. The minimum atomic E-state index is -0.453. The second kappa shape index (κ2) is 4.83. The first-order valence-corrected chi connectivity index (χ1v) is 5.81. The summed E-state index contributed by atoms with van der Waals surface area (Å²) < 4.78 is 13.4. The molecule has 6 heteroatoms. The minimum absolute atomic E-state index is 0.0925. The summed E-state index contributed by atoms with van der Waals surface area (Å²) in [5, 5.41) is 3.11. The van der Waals surface area contributed by atoms with Gasteiger partial charge in [-0.05, 0) is 26.8 Å². The SMILES string of the molecule is CC1CC(Nc2nc(N)ncc2F)CCN1C. The highest BCUT2D eigenvalue weighted by atomic mass is 19.1. The molecule has 1 fully saturated rings. The Balaban J connectivity index is 2.03. The Hall–Kier alpha value is -1.43. The highest BCUT2D eigenvalue weighted by Gasteiger charge is 2.23. The van der Waals surface area contributed by atoms with Crippen molar-refractivity contribution in [3.8, 4) is 0 Å². The Labute approximate surface area is 100 Å². The summed E-state index contributed by atoms with van der Waals surface area (Å²) in [5.74, 6) is -0.153. The van der Waals surface area contributed by atoms with E-state index >= 15 is 0 Å².